The van der Waals surface area contributed by atoms with Crippen LogP contribution in [0, 0.1) is 5.92 Å². The highest BCUT2D eigenvalue weighted by Gasteiger charge is 2.12. The number of amides is 1. The van der Waals surface area contributed by atoms with Crippen molar-refractivity contribution >= 4 is 23.9 Å². The van der Waals surface area contributed by atoms with E-state index < -0.39 is 11.9 Å². The fraction of sp³-hybridized carbons (Fsp3) is 0.211. The number of carboxylic acid groups (broad SMARTS) is 1. The molecule has 0 heterocycles. The molecule has 5 N–H and O–H groups in total. The summed E-state index contributed by atoms with van der Waals surface area (Å²) in [4.78, 5) is 27.3. The molecule has 7 nitrogen and oxygen atoms in total. The van der Waals surface area contributed by atoms with Crippen molar-refractivity contribution in [3.63, 3.8) is 0 Å². The first-order valence-electron chi connectivity index (χ1n) is 8.17. The number of hydrogen-bond donors (Lipinski definition) is 4. The molecule has 0 spiro atoms. The summed E-state index contributed by atoms with van der Waals surface area (Å²) >= 11 is 0. The summed E-state index contributed by atoms with van der Waals surface area (Å²) in [6.45, 7) is 2.03. The molecule has 2 rings (SSSR count). The number of aliphatic carboxylic acids is 1. The van der Waals surface area contributed by atoms with Gasteiger partial charge in [-0.3, -0.25) is 9.59 Å². The van der Waals surface area contributed by atoms with E-state index in [1.54, 1.807) is 31.2 Å². The highest BCUT2D eigenvalue weighted by Crippen LogP contribution is 2.14. The Morgan fingerprint density at radius 2 is 1.92 bits per heavy atom. The minimum atomic E-state index is -0.823. The van der Waals surface area contributed by atoms with Gasteiger partial charge in [0.05, 0.1) is 11.6 Å². The molecular formula is C19H22N4O3. The Morgan fingerprint density at radius 1 is 1.19 bits per heavy atom. The zero-order chi connectivity index (χ0) is 18.9. The molecule has 1 unspecified atom stereocenters. The van der Waals surface area contributed by atoms with Crippen LogP contribution in [0.2, 0.25) is 0 Å². The van der Waals surface area contributed by atoms with Crippen LogP contribution in [0.15, 0.2) is 53.5 Å². The second-order valence-electron chi connectivity index (χ2n) is 5.92. The van der Waals surface area contributed by atoms with Crippen molar-refractivity contribution in [3.8, 4) is 0 Å². The van der Waals surface area contributed by atoms with E-state index in [0.29, 0.717) is 24.2 Å². The lowest BCUT2D eigenvalue weighted by Crippen LogP contribution is -2.22. The van der Waals surface area contributed by atoms with Gasteiger partial charge in [0.1, 0.15) is 6.34 Å². The van der Waals surface area contributed by atoms with E-state index in [9.17, 15) is 9.59 Å². The monoisotopic (exact) mass is 354 g/mol. The molecule has 136 valence electrons. The van der Waals surface area contributed by atoms with E-state index in [1.807, 2.05) is 24.3 Å². The number of carbonyl (C=O) groups excluding carboxylic acids is 1. The summed E-state index contributed by atoms with van der Waals surface area (Å²) in [5, 5.41) is 11.9. The summed E-state index contributed by atoms with van der Waals surface area (Å²) < 4.78 is 0. The number of hydrazine groups is 1. The SMILES string of the molecule is CC(Cc1cccc(CNC(=O)c2cccc(N=CNN)c2)c1)C(=O)O. The molecule has 0 fully saturated rings. The Hall–Kier alpha value is -3.19. The van der Waals surface area contributed by atoms with Crippen molar-refractivity contribution in [2.45, 2.75) is 19.9 Å². The van der Waals surface area contributed by atoms with Crippen LogP contribution in [0.3, 0.4) is 0 Å². The highest BCUT2D eigenvalue weighted by molar-refractivity contribution is 5.95. The predicted octanol–water partition coefficient (Wildman–Crippen LogP) is 2.00. The van der Waals surface area contributed by atoms with Crippen molar-refractivity contribution in [1.82, 2.24) is 10.7 Å². The van der Waals surface area contributed by atoms with E-state index in [4.69, 9.17) is 10.9 Å². The van der Waals surface area contributed by atoms with E-state index in [-0.39, 0.29) is 5.91 Å². The summed E-state index contributed by atoms with van der Waals surface area (Å²) in [6.07, 6.45) is 1.78. The molecule has 0 bridgehead atoms. The van der Waals surface area contributed by atoms with Crippen LogP contribution in [-0.2, 0) is 17.8 Å². The maximum absolute atomic E-state index is 12.3. The fourth-order valence-electron chi connectivity index (χ4n) is 2.43. The van der Waals surface area contributed by atoms with Crippen LogP contribution in [0.5, 0.6) is 0 Å². The number of carbonyl (C=O) groups is 2. The largest absolute Gasteiger partial charge is 0.481 e. The van der Waals surface area contributed by atoms with E-state index in [2.05, 4.69) is 15.7 Å². The standard InChI is InChI=1S/C19H22N4O3/c1-13(19(25)26)8-14-4-2-5-15(9-14)11-21-18(24)16-6-3-7-17(10-16)22-12-23-20/h2-7,9-10,12-13H,8,11,20H2,1H3,(H,21,24)(H,22,23)(H,25,26). The maximum atomic E-state index is 12.3. The van der Waals surface area contributed by atoms with Crippen molar-refractivity contribution in [2.75, 3.05) is 0 Å². The topological polar surface area (TPSA) is 117 Å². The van der Waals surface area contributed by atoms with Gasteiger partial charge in [-0.1, -0.05) is 37.3 Å². The summed E-state index contributed by atoms with van der Waals surface area (Å²) in [6, 6.07) is 14.4. The van der Waals surface area contributed by atoms with Crippen molar-refractivity contribution in [3.05, 3.63) is 65.2 Å². The minimum Gasteiger partial charge on any atom is -0.481 e. The fourth-order valence-corrected chi connectivity index (χ4v) is 2.43. The second-order valence-corrected chi connectivity index (χ2v) is 5.92. The number of hydrogen-bond acceptors (Lipinski definition) is 4. The Bertz CT molecular complexity index is 805. The average molecular weight is 354 g/mol. The Kier molecular flexibility index (Phi) is 6.87. The Labute approximate surface area is 151 Å². The van der Waals surface area contributed by atoms with Gasteiger partial charge in [0, 0.05) is 12.1 Å². The molecule has 26 heavy (non-hydrogen) atoms. The van der Waals surface area contributed by atoms with Crippen LogP contribution in [0.1, 0.15) is 28.4 Å². The molecule has 0 saturated carbocycles. The van der Waals surface area contributed by atoms with E-state index in [0.717, 1.165) is 11.1 Å². The molecule has 1 atom stereocenters. The van der Waals surface area contributed by atoms with Crippen LogP contribution in [-0.4, -0.2) is 23.3 Å². The maximum Gasteiger partial charge on any atom is 0.306 e. The zero-order valence-electron chi connectivity index (χ0n) is 14.5. The number of nitrogens with two attached hydrogens (primary N) is 1. The number of nitrogens with one attached hydrogen (secondary N) is 2. The van der Waals surface area contributed by atoms with Crippen molar-refractivity contribution in [2.24, 2.45) is 16.8 Å². The molecule has 0 saturated heterocycles. The number of rotatable bonds is 8. The Balaban J connectivity index is 1.99. The molecule has 0 aliphatic rings. The Morgan fingerprint density at radius 3 is 2.65 bits per heavy atom. The van der Waals surface area contributed by atoms with Crippen LogP contribution in [0.25, 0.3) is 0 Å². The lowest BCUT2D eigenvalue weighted by Gasteiger charge is -2.09. The van der Waals surface area contributed by atoms with Crippen molar-refractivity contribution < 1.29 is 14.7 Å². The summed E-state index contributed by atoms with van der Waals surface area (Å²) in [5.74, 6) is 3.64. The second kappa shape index (κ2) is 9.33. The summed E-state index contributed by atoms with van der Waals surface area (Å²) in [5.41, 5.74) is 5.25. The third-order valence-corrected chi connectivity index (χ3v) is 3.80. The molecule has 7 heteroatoms. The number of carboxylic acids is 1. The molecular weight excluding hydrogens is 332 g/mol. The summed E-state index contributed by atoms with van der Waals surface area (Å²) in [7, 11) is 0. The number of nitrogens with zero attached hydrogens (tertiary/aromatic N) is 1. The normalized spacial score (nSPS) is 11.9. The first-order valence-corrected chi connectivity index (χ1v) is 8.17. The molecule has 1 amide bonds. The first-order chi connectivity index (χ1) is 12.5. The lowest BCUT2D eigenvalue weighted by molar-refractivity contribution is -0.141. The first kappa shape index (κ1) is 19.1. The zero-order valence-corrected chi connectivity index (χ0v) is 14.5. The third kappa shape index (κ3) is 5.71. The molecule has 0 aromatic heterocycles. The minimum absolute atomic E-state index is 0.216. The van der Waals surface area contributed by atoms with Crippen molar-refractivity contribution in [1.29, 1.82) is 0 Å². The van der Waals surface area contributed by atoms with Crippen LogP contribution >= 0.6 is 0 Å². The van der Waals surface area contributed by atoms with E-state index in [1.165, 1.54) is 6.34 Å². The average Bonchev–Trinajstić information content (AvgIpc) is 2.65. The van der Waals surface area contributed by atoms with Gasteiger partial charge in [0.15, 0.2) is 0 Å². The van der Waals surface area contributed by atoms with Gasteiger partial charge in [0.25, 0.3) is 5.91 Å². The van der Waals surface area contributed by atoms with Gasteiger partial charge in [0.2, 0.25) is 0 Å². The predicted molar refractivity (Wildman–Crippen MR) is 100 cm³/mol. The molecule has 2 aromatic carbocycles. The number of aliphatic imine (C=N–C) groups is 1. The van der Waals surface area contributed by atoms with Gasteiger partial charge in [-0.15, -0.1) is 0 Å². The molecule has 0 aliphatic heterocycles. The smallest absolute Gasteiger partial charge is 0.306 e. The third-order valence-electron chi connectivity index (χ3n) is 3.80. The van der Waals surface area contributed by atoms with E-state index >= 15 is 0 Å². The van der Waals surface area contributed by atoms with Gasteiger partial charge in [-0.25, -0.2) is 10.8 Å². The van der Waals surface area contributed by atoms with Crippen LogP contribution in [0.4, 0.5) is 5.69 Å². The van der Waals surface area contributed by atoms with Gasteiger partial charge >= 0.3 is 5.97 Å². The van der Waals surface area contributed by atoms with Gasteiger partial charge < -0.3 is 15.8 Å². The quantitative estimate of drug-likeness (QED) is 0.250. The van der Waals surface area contributed by atoms with Crippen LogP contribution < -0.4 is 16.6 Å². The lowest BCUT2D eigenvalue weighted by atomic mass is 9.99. The number of benzene rings is 2. The molecule has 2 aromatic rings. The highest BCUT2D eigenvalue weighted by atomic mass is 16.4. The molecule has 0 aliphatic carbocycles. The van der Waals surface area contributed by atoms with Gasteiger partial charge in [-0.05, 0) is 35.7 Å². The van der Waals surface area contributed by atoms with Gasteiger partial charge in [-0.2, -0.15) is 0 Å². The molecule has 0 radical (unpaired) electrons.